The van der Waals surface area contributed by atoms with E-state index in [0.29, 0.717) is 18.3 Å². The van der Waals surface area contributed by atoms with Gasteiger partial charge >= 0.3 is 0 Å². The first-order valence-corrected chi connectivity index (χ1v) is 11.4. The third-order valence-corrected chi connectivity index (χ3v) is 6.86. The summed E-state index contributed by atoms with van der Waals surface area (Å²) in [6.45, 7) is 3.65. The van der Waals surface area contributed by atoms with E-state index in [9.17, 15) is 10.1 Å². The Morgan fingerprint density at radius 1 is 1.09 bits per heavy atom. The molecule has 1 unspecified atom stereocenters. The highest BCUT2D eigenvalue weighted by atomic mass is 16.6. The zero-order valence-electron chi connectivity index (χ0n) is 18.9. The van der Waals surface area contributed by atoms with E-state index in [1.54, 1.807) is 26.4 Å². The summed E-state index contributed by atoms with van der Waals surface area (Å²) in [7, 11) is 3.33. The summed E-state index contributed by atoms with van der Waals surface area (Å²) in [4.78, 5) is 13.8. The Balaban J connectivity index is 1.37. The number of fused-ring (bicyclic) bond motifs is 1. The Labute approximate surface area is 189 Å². The molecule has 32 heavy (non-hydrogen) atoms. The predicted octanol–water partition coefficient (Wildman–Crippen LogP) is 5.14. The number of hydrogen-bond acceptors (Lipinski definition) is 6. The largest absolute Gasteiger partial charge is 0.493 e. The van der Waals surface area contributed by atoms with Crippen LogP contribution in [0, 0.1) is 10.1 Å². The van der Waals surface area contributed by atoms with Gasteiger partial charge in [0, 0.05) is 6.07 Å². The van der Waals surface area contributed by atoms with Gasteiger partial charge < -0.3 is 19.1 Å². The lowest BCUT2D eigenvalue weighted by atomic mass is 9.87. The van der Waals surface area contributed by atoms with Crippen LogP contribution < -0.4 is 14.2 Å². The van der Waals surface area contributed by atoms with Gasteiger partial charge in [-0.15, -0.1) is 0 Å². The van der Waals surface area contributed by atoms with Crippen LogP contribution >= 0.6 is 0 Å². The SMILES string of the molecule is COc1ccc(C2CCN(CCC3CCCOc4cccc([N+](=O)[O-])c43)CC2)cc1OC. The van der Waals surface area contributed by atoms with Crippen molar-refractivity contribution in [3.63, 3.8) is 0 Å². The van der Waals surface area contributed by atoms with Crippen LogP contribution in [-0.2, 0) is 0 Å². The lowest BCUT2D eigenvalue weighted by Gasteiger charge is -2.33. The third-order valence-electron chi connectivity index (χ3n) is 6.86. The number of likely N-dealkylation sites (tertiary alicyclic amines) is 1. The molecule has 7 nitrogen and oxygen atoms in total. The fourth-order valence-corrected chi connectivity index (χ4v) is 5.11. The molecule has 2 aliphatic heterocycles. The fraction of sp³-hybridized carbons (Fsp3) is 0.520. The maximum absolute atomic E-state index is 11.6. The smallest absolute Gasteiger partial charge is 0.276 e. The molecule has 2 heterocycles. The van der Waals surface area contributed by atoms with Crippen molar-refractivity contribution in [2.24, 2.45) is 0 Å². The predicted molar refractivity (Wildman–Crippen MR) is 123 cm³/mol. The minimum absolute atomic E-state index is 0.165. The van der Waals surface area contributed by atoms with Gasteiger partial charge in [0.2, 0.25) is 0 Å². The second-order valence-electron chi connectivity index (χ2n) is 8.65. The van der Waals surface area contributed by atoms with Crippen LogP contribution in [0.5, 0.6) is 17.2 Å². The number of rotatable bonds is 7. The topological polar surface area (TPSA) is 74.1 Å². The standard InChI is InChI=1S/C25H32N2O5/c1-30-22-9-8-20(17-24(22)31-2)18-10-13-26(14-11-18)15-12-19-5-4-16-32-23-7-3-6-21(25(19)23)27(28)29/h3,6-9,17-19H,4-5,10-16H2,1-2H3. The van der Waals surface area contributed by atoms with E-state index in [-0.39, 0.29) is 16.5 Å². The highest BCUT2D eigenvalue weighted by molar-refractivity contribution is 5.52. The number of nitro groups is 1. The second kappa shape index (κ2) is 10.2. The van der Waals surface area contributed by atoms with Gasteiger partial charge in [-0.3, -0.25) is 10.1 Å². The molecule has 0 amide bonds. The van der Waals surface area contributed by atoms with Crippen molar-refractivity contribution in [1.82, 2.24) is 4.90 Å². The van der Waals surface area contributed by atoms with E-state index >= 15 is 0 Å². The van der Waals surface area contributed by atoms with Crippen molar-refractivity contribution in [1.29, 1.82) is 0 Å². The minimum Gasteiger partial charge on any atom is -0.493 e. The molecule has 0 aliphatic carbocycles. The summed E-state index contributed by atoms with van der Waals surface area (Å²) in [5, 5.41) is 11.6. The first kappa shape index (κ1) is 22.4. The average Bonchev–Trinajstić information content (AvgIpc) is 3.04. The van der Waals surface area contributed by atoms with Gasteiger partial charge in [-0.05, 0) is 87.3 Å². The molecule has 1 fully saturated rings. The van der Waals surface area contributed by atoms with Gasteiger partial charge in [-0.2, -0.15) is 0 Å². The zero-order chi connectivity index (χ0) is 22.5. The van der Waals surface area contributed by atoms with Crippen LogP contribution in [0.1, 0.15) is 55.1 Å². The Morgan fingerprint density at radius 2 is 1.88 bits per heavy atom. The van der Waals surface area contributed by atoms with Crippen molar-refractivity contribution < 1.29 is 19.1 Å². The Hall–Kier alpha value is -2.80. The number of methoxy groups -OCH3 is 2. The van der Waals surface area contributed by atoms with E-state index in [2.05, 4.69) is 17.0 Å². The summed E-state index contributed by atoms with van der Waals surface area (Å²) in [6.07, 6.45) is 4.97. The molecular weight excluding hydrogens is 408 g/mol. The molecule has 0 saturated carbocycles. The molecule has 0 bridgehead atoms. The van der Waals surface area contributed by atoms with Crippen molar-refractivity contribution >= 4 is 5.69 Å². The maximum Gasteiger partial charge on any atom is 0.276 e. The van der Waals surface area contributed by atoms with Crippen molar-refractivity contribution in [2.45, 2.75) is 43.9 Å². The molecule has 2 aromatic carbocycles. The number of benzene rings is 2. The van der Waals surface area contributed by atoms with Gasteiger partial charge in [0.25, 0.3) is 5.69 Å². The molecule has 1 saturated heterocycles. The molecule has 1 atom stereocenters. The van der Waals surface area contributed by atoms with Crippen LogP contribution in [0.15, 0.2) is 36.4 Å². The first-order chi connectivity index (χ1) is 15.6. The van der Waals surface area contributed by atoms with Gasteiger partial charge in [-0.1, -0.05) is 12.1 Å². The minimum atomic E-state index is -0.269. The average molecular weight is 441 g/mol. The summed E-state index contributed by atoms with van der Waals surface area (Å²) >= 11 is 0. The van der Waals surface area contributed by atoms with Crippen LogP contribution in [0.25, 0.3) is 0 Å². The van der Waals surface area contributed by atoms with Gasteiger partial charge in [0.1, 0.15) is 5.75 Å². The summed E-state index contributed by atoms with van der Waals surface area (Å²) in [5.74, 6) is 2.91. The van der Waals surface area contributed by atoms with Crippen LogP contribution in [-0.4, -0.2) is 50.3 Å². The molecule has 7 heteroatoms. The number of hydrogen-bond donors (Lipinski definition) is 0. The zero-order valence-corrected chi connectivity index (χ0v) is 18.9. The maximum atomic E-state index is 11.6. The Kier molecular flexibility index (Phi) is 7.15. The Morgan fingerprint density at radius 3 is 2.59 bits per heavy atom. The number of ether oxygens (including phenoxy) is 3. The van der Waals surface area contributed by atoms with Crippen molar-refractivity contribution in [2.75, 3.05) is 40.5 Å². The van der Waals surface area contributed by atoms with E-state index in [1.807, 2.05) is 12.1 Å². The lowest BCUT2D eigenvalue weighted by molar-refractivity contribution is -0.385. The Bertz CT molecular complexity index is 940. The summed E-state index contributed by atoms with van der Waals surface area (Å²) in [6, 6.07) is 11.4. The molecule has 2 aliphatic rings. The quantitative estimate of drug-likeness (QED) is 0.439. The van der Waals surface area contributed by atoms with Crippen molar-refractivity contribution in [3.05, 3.63) is 57.6 Å². The number of nitro benzene ring substituents is 1. The van der Waals surface area contributed by atoms with Crippen molar-refractivity contribution in [3.8, 4) is 17.2 Å². The normalized spacial score (nSPS) is 19.5. The highest BCUT2D eigenvalue weighted by Gasteiger charge is 2.29. The van der Waals surface area contributed by atoms with Gasteiger partial charge in [0.15, 0.2) is 11.5 Å². The molecular formula is C25H32N2O5. The molecule has 172 valence electrons. The van der Waals surface area contributed by atoms with E-state index in [4.69, 9.17) is 14.2 Å². The molecule has 0 radical (unpaired) electrons. The number of nitrogens with zero attached hydrogens (tertiary/aromatic N) is 2. The summed E-state index contributed by atoms with van der Waals surface area (Å²) in [5.41, 5.74) is 2.28. The van der Waals surface area contributed by atoms with E-state index < -0.39 is 0 Å². The van der Waals surface area contributed by atoms with E-state index in [0.717, 1.165) is 68.8 Å². The second-order valence-corrected chi connectivity index (χ2v) is 8.65. The van der Waals surface area contributed by atoms with Crippen LogP contribution in [0.2, 0.25) is 0 Å². The third kappa shape index (κ3) is 4.83. The molecule has 0 N–H and O–H groups in total. The molecule has 0 spiro atoms. The lowest BCUT2D eigenvalue weighted by Crippen LogP contribution is -2.34. The number of piperidine rings is 1. The first-order valence-electron chi connectivity index (χ1n) is 11.4. The van der Waals surface area contributed by atoms with Gasteiger partial charge in [0.05, 0.1) is 31.3 Å². The fourth-order valence-electron chi connectivity index (χ4n) is 5.11. The van der Waals surface area contributed by atoms with Gasteiger partial charge in [-0.25, -0.2) is 0 Å². The molecule has 4 rings (SSSR count). The monoisotopic (exact) mass is 440 g/mol. The molecule has 2 aromatic rings. The highest BCUT2D eigenvalue weighted by Crippen LogP contribution is 2.41. The summed E-state index contributed by atoms with van der Waals surface area (Å²) < 4.78 is 16.6. The van der Waals surface area contributed by atoms with Crippen LogP contribution in [0.3, 0.4) is 0 Å². The van der Waals surface area contributed by atoms with E-state index in [1.165, 1.54) is 5.56 Å². The molecule has 0 aromatic heterocycles. The van der Waals surface area contributed by atoms with Crippen LogP contribution in [0.4, 0.5) is 5.69 Å².